The SMILES string of the molecule is O=C(O)N[C@@H](Cc1ccccc1)[C@@H](O)[C@H](O)[C@H]1CCCN1. The Bertz CT molecular complexity index is 448. The van der Waals surface area contributed by atoms with E-state index < -0.39 is 24.3 Å². The summed E-state index contributed by atoms with van der Waals surface area (Å²) in [4.78, 5) is 10.9. The number of hydrogen-bond acceptors (Lipinski definition) is 4. The van der Waals surface area contributed by atoms with Crippen LogP contribution in [0.15, 0.2) is 30.3 Å². The molecule has 1 aromatic carbocycles. The molecule has 21 heavy (non-hydrogen) atoms. The van der Waals surface area contributed by atoms with Gasteiger partial charge < -0.3 is 26.0 Å². The van der Waals surface area contributed by atoms with Crippen molar-refractivity contribution in [1.29, 1.82) is 0 Å². The number of aliphatic hydroxyl groups excluding tert-OH is 2. The van der Waals surface area contributed by atoms with Gasteiger partial charge in [-0.3, -0.25) is 0 Å². The molecule has 116 valence electrons. The molecule has 0 radical (unpaired) electrons. The van der Waals surface area contributed by atoms with Gasteiger partial charge in [0.05, 0.1) is 12.1 Å². The molecule has 6 nitrogen and oxygen atoms in total. The molecule has 1 saturated heterocycles. The summed E-state index contributed by atoms with van der Waals surface area (Å²) in [5.41, 5.74) is 0.905. The minimum Gasteiger partial charge on any atom is -0.465 e. The fourth-order valence-corrected chi connectivity index (χ4v) is 2.76. The highest BCUT2D eigenvalue weighted by Crippen LogP contribution is 2.16. The number of nitrogens with one attached hydrogen (secondary N) is 2. The van der Waals surface area contributed by atoms with Gasteiger partial charge in [-0.1, -0.05) is 30.3 Å². The first-order valence-corrected chi connectivity index (χ1v) is 7.21. The molecule has 1 aromatic rings. The lowest BCUT2D eigenvalue weighted by Gasteiger charge is -2.30. The van der Waals surface area contributed by atoms with E-state index in [2.05, 4.69) is 10.6 Å². The molecule has 0 saturated carbocycles. The monoisotopic (exact) mass is 294 g/mol. The second kappa shape index (κ2) is 7.40. The summed E-state index contributed by atoms with van der Waals surface area (Å²) in [6.45, 7) is 0.810. The van der Waals surface area contributed by atoms with Crippen molar-refractivity contribution >= 4 is 6.09 Å². The first-order valence-electron chi connectivity index (χ1n) is 7.21. The molecule has 1 aliphatic heterocycles. The summed E-state index contributed by atoms with van der Waals surface area (Å²) in [5.74, 6) is 0. The minimum absolute atomic E-state index is 0.186. The van der Waals surface area contributed by atoms with Crippen molar-refractivity contribution in [3.8, 4) is 0 Å². The van der Waals surface area contributed by atoms with E-state index in [1.807, 2.05) is 30.3 Å². The Labute approximate surface area is 123 Å². The molecule has 2 rings (SSSR count). The van der Waals surface area contributed by atoms with Crippen LogP contribution in [-0.2, 0) is 6.42 Å². The van der Waals surface area contributed by atoms with Crippen molar-refractivity contribution in [3.05, 3.63) is 35.9 Å². The summed E-state index contributed by atoms with van der Waals surface area (Å²) >= 11 is 0. The molecular weight excluding hydrogens is 272 g/mol. The van der Waals surface area contributed by atoms with Gasteiger partial charge in [-0.05, 0) is 31.4 Å². The Kier molecular flexibility index (Phi) is 5.55. The van der Waals surface area contributed by atoms with Crippen molar-refractivity contribution < 1.29 is 20.1 Å². The number of hydrogen-bond donors (Lipinski definition) is 5. The second-order valence-corrected chi connectivity index (χ2v) is 5.43. The Morgan fingerprint density at radius 1 is 1.33 bits per heavy atom. The van der Waals surface area contributed by atoms with Crippen LogP contribution >= 0.6 is 0 Å². The van der Waals surface area contributed by atoms with E-state index in [-0.39, 0.29) is 6.04 Å². The van der Waals surface area contributed by atoms with Gasteiger partial charge in [0, 0.05) is 6.04 Å². The van der Waals surface area contributed by atoms with E-state index in [0.29, 0.717) is 6.42 Å². The van der Waals surface area contributed by atoms with E-state index in [0.717, 1.165) is 24.9 Å². The van der Waals surface area contributed by atoms with Crippen molar-refractivity contribution in [3.63, 3.8) is 0 Å². The summed E-state index contributed by atoms with van der Waals surface area (Å²) in [7, 11) is 0. The van der Waals surface area contributed by atoms with E-state index in [1.165, 1.54) is 0 Å². The molecule has 1 aliphatic rings. The van der Waals surface area contributed by atoms with Gasteiger partial charge in [-0.25, -0.2) is 4.79 Å². The lowest BCUT2D eigenvalue weighted by atomic mass is 9.93. The third-order valence-corrected chi connectivity index (χ3v) is 3.88. The maximum Gasteiger partial charge on any atom is 0.404 e. The second-order valence-electron chi connectivity index (χ2n) is 5.43. The summed E-state index contributed by atoms with van der Waals surface area (Å²) in [6.07, 6.45) is -1.29. The van der Waals surface area contributed by atoms with Gasteiger partial charge in [0.25, 0.3) is 0 Å². The topological polar surface area (TPSA) is 102 Å². The standard InChI is InChI=1S/C15H22N2O4/c18-13(11-7-4-8-16-11)14(19)12(17-15(20)21)9-10-5-2-1-3-6-10/h1-3,5-6,11-14,16-19H,4,7-9H2,(H,20,21)/t11-,12+,13-,14-/m1/s1. The van der Waals surface area contributed by atoms with Crippen LogP contribution in [0, 0.1) is 0 Å². The van der Waals surface area contributed by atoms with Crippen LogP contribution < -0.4 is 10.6 Å². The normalized spacial score (nSPS) is 22.5. The van der Waals surface area contributed by atoms with Gasteiger partial charge in [0.1, 0.15) is 6.10 Å². The van der Waals surface area contributed by atoms with Crippen molar-refractivity contribution in [2.24, 2.45) is 0 Å². The lowest BCUT2D eigenvalue weighted by molar-refractivity contribution is -0.0196. The largest absolute Gasteiger partial charge is 0.465 e. The Hall–Kier alpha value is -1.63. The Morgan fingerprint density at radius 2 is 2.05 bits per heavy atom. The average molecular weight is 294 g/mol. The van der Waals surface area contributed by atoms with Gasteiger partial charge in [-0.2, -0.15) is 0 Å². The number of carbonyl (C=O) groups is 1. The molecule has 1 amide bonds. The van der Waals surface area contributed by atoms with Crippen LogP contribution in [0.1, 0.15) is 18.4 Å². The zero-order chi connectivity index (χ0) is 15.2. The molecule has 1 heterocycles. The molecule has 0 unspecified atom stereocenters. The van der Waals surface area contributed by atoms with Crippen LogP contribution in [0.2, 0.25) is 0 Å². The van der Waals surface area contributed by atoms with Crippen LogP contribution in [0.5, 0.6) is 0 Å². The Balaban J connectivity index is 2.05. The van der Waals surface area contributed by atoms with E-state index >= 15 is 0 Å². The fourth-order valence-electron chi connectivity index (χ4n) is 2.76. The summed E-state index contributed by atoms with van der Waals surface area (Å²) in [6, 6.07) is 8.38. The molecule has 0 aliphatic carbocycles. The molecular formula is C15H22N2O4. The quantitative estimate of drug-likeness (QED) is 0.521. The number of rotatable bonds is 6. The molecule has 0 spiro atoms. The zero-order valence-electron chi connectivity index (χ0n) is 11.8. The molecule has 0 aromatic heterocycles. The maximum absolute atomic E-state index is 10.9. The van der Waals surface area contributed by atoms with Crippen LogP contribution in [0.3, 0.4) is 0 Å². The number of benzene rings is 1. The van der Waals surface area contributed by atoms with Gasteiger partial charge in [-0.15, -0.1) is 0 Å². The van der Waals surface area contributed by atoms with Crippen LogP contribution in [-0.4, -0.2) is 52.2 Å². The summed E-state index contributed by atoms with van der Waals surface area (Å²) < 4.78 is 0. The maximum atomic E-state index is 10.9. The number of amides is 1. The van der Waals surface area contributed by atoms with Crippen molar-refractivity contribution in [2.45, 2.75) is 43.6 Å². The van der Waals surface area contributed by atoms with E-state index in [4.69, 9.17) is 5.11 Å². The molecule has 1 fully saturated rings. The number of carboxylic acid groups (broad SMARTS) is 1. The fraction of sp³-hybridized carbons (Fsp3) is 0.533. The van der Waals surface area contributed by atoms with Gasteiger partial charge >= 0.3 is 6.09 Å². The third kappa shape index (κ3) is 4.42. The molecule has 5 N–H and O–H groups in total. The first-order chi connectivity index (χ1) is 10.1. The first kappa shape index (κ1) is 15.8. The minimum atomic E-state index is -1.21. The van der Waals surface area contributed by atoms with Crippen molar-refractivity contribution in [1.82, 2.24) is 10.6 Å². The van der Waals surface area contributed by atoms with Crippen LogP contribution in [0.4, 0.5) is 4.79 Å². The van der Waals surface area contributed by atoms with Gasteiger partial charge in [0.2, 0.25) is 0 Å². The van der Waals surface area contributed by atoms with E-state index in [1.54, 1.807) is 0 Å². The molecule has 0 bridgehead atoms. The van der Waals surface area contributed by atoms with Crippen molar-refractivity contribution in [2.75, 3.05) is 6.54 Å². The van der Waals surface area contributed by atoms with Crippen LogP contribution in [0.25, 0.3) is 0 Å². The zero-order valence-corrected chi connectivity index (χ0v) is 11.8. The highest BCUT2D eigenvalue weighted by Gasteiger charge is 2.34. The highest BCUT2D eigenvalue weighted by atomic mass is 16.4. The number of aliphatic hydroxyl groups is 2. The lowest BCUT2D eigenvalue weighted by Crippen LogP contribution is -2.54. The predicted octanol–water partition coefficient (Wildman–Crippen LogP) is 0.339. The smallest absolute Gasteiger partial charge is 0.404 e. The van der Waals surface area contributed by atoms with Gasteiger partial charge in [0.15, 0.2) is 0 Å². The third-order valence-electron chi connectivity index (χ3n) is 3.88. The summed E-state index contributed by atoms with van der Waals surface area (Å²) in [5, 5.41) is 34.9. The Morgan fingerprint density at radius 3 is 2.62 bits per heavy atom. The molecule has 4 atom stereocenters. The highest BCUT2D eigenvalue weighted by molar-refractivity contribution is 5.65. The average Bonchev–Trinajstić information content (AvgIpc) is 3.00. The molecule has 6 heteroatoms. The van der Waals surface area contributed by atoms with E-state index in [9.17, 15) is 15.0 Å². The predicted molar refractivity (Wildman–Crippen MR) is 78.1 cm³/mol.